The highest BCUT2D eigenvalue weighted by Crippen LogP contribution is 2.31. The van der Waals surface area contributed by atoms with Gasteiger partial charge in [0.25, 0.3) is 0 Å². The summed E-state index contributed by atoms with van der Waals surface area (Å²) in [6, 6.07) is 24.1. The fourth-order valence-corrected chi connectivity index (χ4v) is 2.58. The first-order valence-corrected chi connectivity index (χ1v) is 8.05. The number of nitrogens with zero attached hydrogens (tertiary/aromatic N) is 1. The predicted octanol–water partition coefficient (Wildman–Crippen LogP) is 5.51. The Morgan fingerprint density at radius 1 is 0.800 bits per heavy atom. The second-order valence-electron chi connectivity index (χ2n) is 5.75. The Morgan fingerprint density at radius 3 is 1.92 bits per heavy atom. The highest BCUT2D eigenvalue weighted by molar-refractivity contribution is 5.69. The van der Waals surface area contributed by atoms with Crippen molar-refractivity contribution < 1.29 is 4.92 Å². The van der Waals surface area contributed by atoms with Gasteiger partial charge in [0, 0.05) is 34.6 Å². The van der Waals surface area contributed by atoms with Crippen molar-refractivity contribution in [2.45, 2.75) is 13.0 Å². The Balaban J connectivity index is 1.93. The summed E-state index contributed by atoms with van der Waals surface area (Å²) in [7, 11) is 0. The second kappa shape index (κ2) is 7.49. The Bertz CT molecular complexity index is 851. The van der Waals surface area contributed by atoms with Crippen LogP contribution in [-0.4, -0.2) is 4.92 Å². The van der Waals surface area contributed by atoms with Crippen molar-refractivity contribution >= 4 is 22.7 Å². The summed E-state index contributed by atoms with van der Waals surface area (Å²) in [6.07, 6.45) is 0. The SMILES string of the molecule is CC(c1cc(Nc2ccccc2)ccc1Nc1ccccc1)[N+](=O)[O-]. The minimum Gasteiger partial charge on any atom is -0.356 e. The van der Waals surface area contributed by atoms with Gasteiger partial charge < -0.3 is 10.6 Å². The van der Waals surface area contributed by atoms with E-state index in [4.69, 9.17) is 0 Å². The normalized spacial score (nSPS) is 11.6. The lowest BCUT2D eigenvalue weighted by atomic mass is 10.0. The fourth-order valence-electron chi connectivity index (χ4n) is 2.58. The standard InChI is InChI=1S/C20H19N3O2/c1-15(23(24)25)19-14-18(21-16-8-4-2-5-9-16)12-13-20(19)22-17-10-6-3-7-11-17/h2-15,21-22H,1H3. The highest BCUT2D eigenvalue weighted by Gasteiger charge is 2.20. The molecule has 2 N–H and O–H groups in total. The molecule has 5 heteroatoms. The molecule has 0 saturated carbocycles. The van der Waals surface area contributed by atoms with Gasteiger partial charge in [-0.3, -0.25) is 10.1 Å². The summed E-state index contributed by atoms with van der Waals surface area (Å²) in [6.45, 7) is 1.60. The zero-order valence-corrected chi connectivity index (χ0v) is 13.8. The average Bonchev–Trinajstić information content (AvgIpc) is 2.64. The molecule has 0 amide bonds. The van der Waals surface area contributed by atoms with Gasteiger partial charge in [-0.05, 0) is 42.5 Å². The van der Waals surface area contributed by atoms with E-state index in [9.17, 15) is 10.1 Å². The number of rotatable bonds is 6. The minimum atomic E-state index is -0.816. The van der Waals surface area contributed by atoms with Crippen LogP contribution in [0.25, 0.3) is 0 Å². The molecule has 0 heterocycles. The lowest BCUT2D eigenvalue weighted by Gasteiger charge is -2.16. The van der Waals surface area contributed by atoms with E-state index < -0.39 is 6.04 Å². The number of nitrogens with one attached hydrogen (secondary N) is 2. The first-order valence-electron chi connectivity index (χ1n) is 8.05. The molecule has 0 aliphatic heterocycles. The number of para-hydroxylation sites is 2. The molecule has 126 valence electrons. The third-order valence-corrected chi connectivity index (χ3v) is 3.93. The van der Waals surface area contributed by atoms with E-state index in [1.807, 2.05) is 78.9 Å². The number of hydrogen-bond donors (Lipinski definition) is 2. The molecule has 0 bridgehead atoms. The molecule has 0 aliphatic carbocycles. The van der Waals surface area contributed by atoms with Crippen molar-refractivity contribution in [1.29, 1.82) is 0 Å². The second-order valence-corrected chi connectivity index (χ2v) is 5.75. The van der Waals surface area contributed by atoms with E-state index in [1.54, 1.807) is 6.92 Å². The van der Waals surface area contributed by atoms with Gasteiger partial charge in [-0.25, -0.2) is 0 Å². The zero-order chi connectivity index (χ0) is 17.6. The van der Waals surface area contributed by atoms with Crippen LogP contribution in [-0.2, 0) is 0 Å². The van der Waals surface area contributed by atoms with Gasteiger partial charge in [0.15, 0.2) is 0 Å². The summed E-state index contributed by atoms with van der Waals surface area (Å²) in [4.78, 5) is 11.1. The predicted molar refractivity (Wildman–Crippen MR) is 101 cm³/mol. The number of nitro groups is 1. The Hall–Kier alpha value is -3.34. The fraction of sp³-hybridized carbons (Fsp3) is 0.100. The minimum absolute atomic E-state index is 0.280. The first kappa shape index (κ1) is 16.5. The average molecular weight is 333 g/mol. The van der Waals surface area contributed by atoms with Gasteiger partial charge in [0.2, 0.25) is 6.04 Å². The molecule has 0 spiro atoms. The topological polar surface area (TPSA) is 67.2 Å². The van der Waals surface area contributed by atoms with Gasteiger partial charge in [-0.2, -0.15) is 0 Å². The van der Waals surface area contributed by atoms with Crippen LogP contribution in [0, 0.1) is 10.1 Å². The van der Waals surface area contributed by atoms with E-state index in [1.165, 1.54) is 0 Å². The van der Waals surface area contributed by atoms with E-state index in [0.29, 0.717) is 5.56 Å². The van der Waals surface area contributed by atoms with Gasteiger partial charge in [-0.15, -0.1) is 0 Å². The summed E-state index contributed by atoms with van der Waals surface area (Å²) in [5, 5.41) is 17.9. The Morgan fingerprint density at radius 2 is 1.36 bits per heavy atom. The number of anilines is 4. The molecule has 0 radical (unpaired) electrons. The maximum Gasteiger partial charge on any atom is 0.237 e. The van der Waals surface area contributed by atoms with Crippen molar-refractivity contribution in [3.05, 3.63) is 94.5 Å². The summed E-state index contributed by atoms with van der Waals surface area (Å²) >= 11 is 0. The van der Waals surface area contributed by atoms with Crippen LogP contribution < -0.4 is 10.6 Å². The Labute approximate surface area is 146 Å². The number of hydrogen-bond acceptors (Lipinski definition) is 4. The summed E-state index contributed by atoms with van der Waals surface area (Å²) in [5.41, 5.74) is 4.01. The molecule has 0 fully saturated rings. The molecule has 1 unspecified atom stereocenters. The quantitative estimate of drug-likeness (QED) is 0.461. The van der Waals surface area contributed by atoms with Gasteiger partial charge in [0.05, 0.1) is 5.56 Å². The lowest BCUT2D eigenvalue weighted by molar-refractivity contribution is -0.524. The summed E-state index contributed by atoms with van der Waals surface area (Å²) in [5.74, 6) is 0. The molecule has 3 aromatic rings. The molecule has 0 aromatic heterocycles. The van der Waals surface area contributed by atoms with Crippen molar-refractivity contribution in [3.8, 4) is 0 Å². The molecular formula is C20H19N3O2. The summed E-state index contributed by atoms with van der Waals surface area (Å²) < 4.78 is 0. The van der Waals surface area contributed by atoms with Crippen molar-refractivity contribution in [2.75, 3.05) is 10.6 Å². The smallest absolute Gasteiger partial charge is 0.237 e. The van der Waals surface area contributed by atoms with Crippen LogP contribution in [0.2, 0.25) is 0 Å². The number of benzene rings is 3. The monoisotopic (exact) mass is 333 g/mol. The van der Waals surface area contributed by atoms with Crippen LogP contribution in [0.4, 0.5) is 22.7 Å². The third-order valence-electron chi connectivity index (χ3n) is 3.93. The van der Waals surface area contributed by atoms with Crippen LogP contribution in [0.1, 0.15) is 18.5 Å². The van der Waals surface area contributed by atoms with Gasteiger partial charge >= 0.3 is 0 Å². The molecule has 0 aliphatic rings. The van der Waals surface area contributed by atoms with Crippen molar-refractivity contribution in [1.82, 2.24) is 0 Å². The molecule has 25 heavy (non-hydrogen) atoms. The van der Waals surface area contributed by atoms with Crippen molar-refractivity contribution in [3.63, 3.8) is 0 Å². The third kappa shape index (κ3) is 4.14. The maximum absolute atomic E-state index is 11.3. The molecule has 1 atom stereocenters. The van der Waals surface area contributed by atoms with Crippen LogP contribution in [0.3, 0.4) is 0 Å². The van der Waals surface area contributed by atoms with Crippen molar-refractivity contribution in [2.24, 2.45) is 0 Å². The first-order chi connectivity index (χ1) is 12.1. The van der Waals surface area contributed by atoms with Crippen LogP contribution in [0.15, 0.2) is 78.9 Å². The highest BCUT2D eigenvalue weighted by atomic mass is 16.6. The molecule has 3 rings (SSSR count). The molecule has 0 saturated heterocycles. The molecular weight excluding hydrogens is 314 g/mol. The molecule has 3 aromatic carbocycles. The maximum atomic E-state index is 11.3. The van der Waals surface area contributed by atoms with E-state index >= 15 is 0 Å². The van der Waals surface area contributed by atoms with Crippen LogP contribution >= 0.6 is 0 Å². The van der Waals surface area contributed by atoms with E-state index in [2.05, 4.69) is 10.6 Å². The largest absolute Gasteiger partial charge is 0.356 e. The van der Waals surface area contributed by atoms with E-state index in [-0.39, 0.29) is 4.92 Å². The molecule has 5 nitrogen and oxygen atoms in total. The van der Waals surface area contributed by atoms with Gasteiger partial charge in [-0.1, -0.05) is 36.4 Å². The van der Waals surface area contributed by atoms with Crippen LogP contribution in [0.5, 0.6) is 0 Å². The zero-order valence-electron chi connectivity index (χ0n) is 13.8. The lowest BCUT2D eigenvalue weighted by Crippen LogP contribution is -2.09. The van der Waals surface area contributed by atoms with Gasteiger partial charge in [0.1, 0.15) is 0 Å². The Kier molecular flexibility index (Phi) is 4.95. The van der Waals surface area contributed by atoms with E-state index in [0.717, 1.165) is 22.7 Å².